The molecule has 1 aliphatic rings. The molecule has 0 atom stereocenters. The van der Waals surface area contributed by atoms with Crippen LogP contribution in [0, 0.1) is 0 Å². The van der Waals surface area contributed by atoms with Crippen molar-refractivity contribution in [1.82, 2.24) is 5.16 Å². The second-order valence-electron chi connectivity index (χ2n) is 3.04. The Morgan fingerprint density at radius 1 is 1.45 bits per heavy atom. The number of halogens is 1. The molecule has 1 heterocycles. The van der Waals surface area contributed by atoms with Gasteiger partial charge in [-0.15, -0.1) is 0 Å². The zero-order chi connectivity index (χ0) is 7.68. The van der Waals surface area contributed by atoms with E-state index in [1.165, 1.54) is 25.7 Å². The summed E-state index contributed by atoms with van der Waals surface area (Å²) in [6, 6.07) is 1.83. The van der Waals surface area contributed by atoms with E-state index in [9.17, 15) is 0 Å². The largest absolute Gasteiger partial charge is 0.344 e. The lowest BCUT2D eigenvalue weighted by Crippen LogP contribution is -1.90. The first-order valence-electron chi connectivity index (χ1n) is 3.98. The summed E-state index contributed by atoms with van der Waals surface area (Å²) >= 11 is 5.61. The lowest BCUT2D eigenvalue weighted by molar-refractivity contribution is 0.406. The van der Waals surface area contributed by atoms with Crippen LogP contribution in [0.5, 0.6) is 0 Å². The minimum absolute atomic E-state index is 0.409. The fourth-order valence-electron chi connectivity index (χ4n) is 1.68. The fraction of sp³-hybridized carbons (Fsp3) is 0.625. The minimum atomic E-state index is 0.409. The van der Waals surface area contributed by atoms with Gasteiger partial charge in [-0.25, -0.2) is 0 Å². The van der Waals surface area contributed by atoms with Crippen molar-refractivity contribution in [1.29, 1.82) is 0 Å². The van der Waals surface area contributed by atoms with Crippen molar-refractivity contribution in [2.75, 3.05) is 0 Å². The van der Waals surface area contributed by atoms with Crippen molar-refractivity contribution >= 4 is 11.6 Å². The van der Waals surface area contributed by atoms with E-state index < -0.39 is 0 Å². The Bertz CT molecular complexity index is 240. The van der Waals surface area contributed by atoms with Crippen LogP contribution in [-0.4, -0.2) is 5.16 Å². The van der Waals surface area contributed by atoms with Gasteiger partial charge in [-0.3, -0.25) is 0 Å². The lowest BCUT2D eigenvalue weighted by Gasteiger charge is -2.00. The van der Waals surface area contributed by atoms with E-state index in [2.05, 4.69) is 5.16 Å². The highest BCUT2D eigenvalue weighted by Crippen LogP contribution is 2.33. The van der Waals surface area contributed by atoms with Gasteiger partial charge in [-0.05, 0) is 24.4 Å². The molecule has 1 saturated carbocycles. The fourth-order valence-corrected chi connectivity index (χ4v) is 1.83. The molecule has 0 saturated heterocycles. The molecule has 1 aliphatic carbocycles. The summed E-state index contributed by atoms with van der Waals surface area (Å²) in [7, 11) is 0. The van der Waals surface area contributed by atoms with E-state index in [1.54, 1.807) is 0 Å². The first-order chi connectivity index (χ1) is 5.36. The third-order valence-electron chi connectivity index (χ3n) is 2.27. The van der Waals surface area contributed by atoms with Crippen LogP contribution in [-0.2, 0) is 0 Å². The highest BCUT2D eigenvalue weighted by Gasteiger charge is 2.20. The number of hydrogen-bond donors (Lipinski definition) is 0. The number of nitrogens with zero attached hydrogens (tertiary/aromatic N) is 1. The monoisotopic (exact) mass is 171 g/mol. The minimum Gasteiger partial charge on any atom is -0.344 e. The van der Waals surface area contributed by atoms with Crippen LogP contribution in [0.1, 0.15) is 37.3 Å². The van der Waals surface area contributed by atoms with Crippen molar-refractivity contribution < 1.29 is 4.52 Å². The standard InChI is InChI=1S/C8H10ClNO/c9-8-5-7(10-11-8)6-3-1-2-4-6/h5-6H,1-4H2. The van der Waals surface area contributed by atoms with E-state index in [0.29, 0.717) is 11.1 Å². The van der Waals surface area contributed by atoms with Gasteiger partial charge in [0.15, 0.2) is 0 Å². The highest BCUT2D eigenvalue weighted by molar-refractivity contribution is 6.28. The summed E-state index contributed by atoms with van der Waals surface area (Å²) < 4.78 is 4.79. The van der Waals surface area contributed by atoms with Crippen LogP contribution in [0.25, 0.3) is 0 Å². The summed E-state index contributed by atoms with van der Waals surface area (Å²) in [4.78, 5) is 0. The zero-order valence-corrected chi connectivity index (χ0v) is 6.97. The Labute approximate surface area is 70.5 Å². The molecule has 0 aromatic carbocycles. The maximum atomic E-state index is 5.61. The summed E-state index contributed by atoms with van der Waals surface area (Å²) in [5, 5.41) is 4.30. The van der Waals surface area contributed by atoms with Gasteiger partial charge in [0.2, 0.25) is 5.22 Å². The van der Waals surface area contributed by atoms with Gasteiger partial charge < -0.3 is 4.52 Å². The molecule has 0 bridgehead atoms. The molecule has 0 radical (unpaired) electrons. The molecule has 0 N–H and O–H groups in total. The summed E-state index contributed by atoms with van der Waals surface area (Å²) in [5.41, 5.74) is 1.03. The number of aromatic nitrogens is 1. The van der Waals surface area contributed by atoms with Crippen molar-refractivity contribution in [2.45, 2.75) is 31.6 Å². The molecular weight excluding hydrogens is 162 g/mol. The van der Waals surface area contributed by atoms with Gasteiger partial charge in [0, 0.05) is 12.0 Å². The molecule has 11 heavy (non-hydrogen) atoms. The third-order valence-corrected chi connectivity index (χ3v) is 2.45. The van der Waals surface area contributed by atoms with E-state index in [0.717, 1.165) is 5.69 Å². The number of rotatable bonds is 1. The van der Waals surface area contributed by atoms with Gasteiger partial charge in [0.05, 0.1) is 5.69 Å². The van der Waals surface area contributed by atoms with Gasteiger partial charge in [-0.2, -0.15) is 0 Å². The molecule has 0 amide bonds. The Hall–Kier alpha value is -0.500. The smallest absolute Gasteiger partial charge is 0.226 e. The van der Waals surface area contributed by atoms with Gasteiger partial charge in [0.25, 0.3) is 0 Å². The second kappa shape index (κ2) is 2.86. The number of hydrogen-bond acceptors (Lipinski definition) is 2. The van der Waals surface area contributed by atoms with E-state index in [4.69, 9.17) is 16.1 Å². The summed E-state index contributed by atoms with van der Waals surface area (Å²) in [6.45, 7) is 0. The zero-order valence-electron chi connectivity index (χ0n) is 6.22. The first-order valence-corrected chi connectivity index (χ1v) is 4.36. The van der Waals surface area contributed by atoms with E-state index >= 15 is 0 Å². The average Bonchev–Trinajstić information content (AvgIpc) is 2.55. The first kappa shape index (κ1) is 7.17. The van der Waals surface area contributed by atoms with Crippen molar-refractivity contribution in [3.05, 3.63) is 17.0 Å². The van der Waals surface area contributed by atoms with Gasteiger partial charge in [-0.1, -0.05) is 18.0 Å². The second-order valence-corrected chi connectivity index (χ2v) is 3.41. The van der Waals surface area contributed by atoms with Crippen LogP contribution in [0.4, 0.5) is 0 Å². The van der Waals surface area contributed by atoms with Gasteiger partial charge >= 0.3 is 0 Å². The molecule has 3 heteroatoms. The molecule has 1 aromatic rings. The topological polar surface area (TPSA) is 26.0 Å². The van der Waals surface area contributed by atoms with Gasteiger partial charge in [0.1, 0.15) is 0 Å². The maximum absolute atomic E-state index is 5.61. The summed E-state index contributed by atoms with van der Waals surface area (Å²) in [5.74, 6) is 0.603. The third kappa shape index (κ3) is 1.41. The quantitative estimate of drug-likeness (QED) is 0.649. The lowest BCUT2D eigenvalue weighted by atomic mass is 10.1. The SMILES string of the molecule is Clc1cc(C2CCCC2)no1. The van der Waals surface area contributed by atoms with Crippen molar-refractivity contribution in [3.8, 4) is 0 Å². The maximum Gasteiger partial charge on any atom is 0.226 e. The van der Waals surface area contributed by atoms with Crippen LogP contribution in [0.2, 0.25) is 5.22 Å². The molecular formula is C8H10ClNO. The molecule has 1 fully saturated rings. The average molecular weight is 172 g/mol. The summed E-state index contributed by atoms with van der Waals surface area (Å²) in [6.07, 6.45) is 5.11. The molecule has 0 aliphatic heterocycles. The molecule has 1 aromatic heterocycles. The Balaban J connectivity index is 2.15. The van der Waals surface area contributed by atoms with Crippen molar-refractivity contribution in [3.63, 3.8) is 0 Å². The van der Waals surface area contributed by atoms with Crippen LogP contribution < -0.4 is 0 Å². The van der Waals surface area contributed by atoms with E-state index in [-0.39, 0.29) is 0 Å². The molecule has 2 rings (SSSR count). The molecule has 2 nitrogen and oxygen atoms in total. The molecule has 0 spiro atoms. The Morgan fingerprint density at radius 3 is 2.73 bits per heavy atom. The van der Waals surface area contributed by atoms with Crippen LogP contribution in [0.3, 0.4) is 0 Å². The highest BCUT2D eigenvalue weighted by atomic mass is 35.5. The van der Waals surface area contributed by atoms with Crippen LogP contribution >= 0.6 is 11.6 Å². The Morgan fingerprint density at radius 2 is 2.18 bits per heavy atom. The molecule has 60 valence electrons. The Kier molecular flexibility index (Phi) is 1.86. The van der Waals surface area contributed by atoms with Crippen molar-refractivity contribution in [2.24, 2.45) is 0 Å². The normalized spacial score (nSPS) is 19.4. The molecule has 0 unspecified atom stereocenters. The van der Waals surface area contributed by atoms with E-state index in [1.807, 2.05) is 6.07 Å². The van der Waals surface area contributed by atoms with Crippen LogP contribution in [0.15, 0.2) is 10.6 Å². The predicted octanol–water partition coefficient (Wildman–Crippen LogP) is 2.99. The predicted molar refractivity (Wildman–Crippen MR) is 42.7 cm³/mol.